The van der Waals surface area contributed by atoms with Crippen LogP contribution in [0.25, 0.3) is 0 Å². The molecule has 0 aromatic heterocycles. The van der Waals surface area contributed by atoms with Crippen LogP contribution in [0, 0.1) is 11.8 Å². The van der Waals surface area contributed by atoms with E-state index in [0.29, 0.717) is 25.7 Å². The number of rotatable bonds is 77. The van der Waals surface area contributed by atoms with Gasteiger partial charge < -0.3 is 33.8 Å². The minimum atomic E-state index is -4.96. The highest BCUT2D eigenvalue weighted by molar-refractivity contribution is 7.47. The van der Waals surface area contributed by atoms with Gasteiger partial charge in [-0.3, -0.25) is 37.3 Å². The zero-order valence-electron chi connectivity index (χ0n) is 63.4. The Morgan fingerprint density at radius 2 is 0.526 bits per heavy atom. The van der Waals surface area contributed by atoms with Crippen LogP contribution in [0.5, 0.6) is 0 Å². The highest BCUT2D eigenvalue weighted by Crippen LogP contribution is 2.45. The molecule has 0 aliphatic rings. The Morgan fingerprint density at radius 1 is 0.299 bits per heavy atom. The predicted octanol–water partition coefficient (Wildman–Crippen LogP) is 23.1. The van der Waals surface area contributed by atoms with Gasteiger partial charge in [0, 0.05) is 25.7 Å². The summed E-state index contributed by atoms with van der Waals surface area (Å²) in [6.45, 7) is 9.64. The Morgan fingerprint density at radius 3 is 0.784 bits per heavy atom. The van der Waals surface area contributed by atoms with E-state index in [4.69, 9.17) is 37.0 Å². The quantitative estimate of drug-likeness (QED) is 0.0222. The van der Waals surface area contributed by atoms with Gasteiger partial charge in [-0.15, -0.1) is 0 Å². The van der Waals surface area contributed by atoms with Gasteiger partial charge >= 0.3 is 39.5 Å². The average molecular weight is 1420 g/mol. The van der Waals surface area contributed by atoms with Crippen LogP contribution in [0.1, 0.15) is 408 Å². The van der Waals surface area contributed by atoms with Crippen molar-refractivity contribution < 1.29 is 80.2 Å². The smallest absolute Gasteiger partial charge is 0.462 e. The molecule has 3 N–H and O–H groups in total. The number of aliphatic hydroxyl groups is 1. The molecule has 0 spiro atoms. The first kappa shape index (κ1) is 95.1. The molecular formula is C78H152O17P2. The van der Waals surface area contributed by atoms with Crippen LogP contribution in [-0.4, -0.2) is 96.7 Å². The van der Waals surface area contributed by atoms with Crippen molar-refractivity contribution in [1.29, 1.82) is 0 Å². The van der Waals surface area contributed by atoms with E-state index in [-0.39, 0.29) is 25.7 Å². The summed E-state index contributed by atoms with van der Waals surface area (Å²) in [4.78, 5) is 72.8. The number of aliphatic hydroxyl groups excluding tert-OH is 1. The number of phosphoric acid groups is 2. The fourth-order valence-electron chi connectivity index (χ4n) is 12.0. The third kappa shape index (κ3) is 70.9. The summed E-state index contributed by atoms with van der Waals surface area (Å²) < 4.78 is 68.6. The second-order valence-corrected chi connectivity index (χ2v) is 31.7. The highest BCUT2D eigenvalue weighted by Gasteiger charge is 2.30. The molecule has 576 valence electrons. The summed E-state index contributed by atoms with van der Waals surface area (Å²) in [5.74, 6) is -0.503. The minimum absolute atomic E-state index is 0.106. The second kappa shape index (κ2) is 69.8. The molecule has 0 aliphatic heterocycles. The van der Waals surface area contributed by atoms with Gasteiger partial charge in [-0.1, -0.05) is 356 Å². The van der Waals surface area contributed by atoms with E-state index in [2.05, 4.69) is 41.5 Å². The van der Waals surface area contributed by atoms with Crippen molar-refractivity contribution in [3.05, 3.63) is 0 Å². The summed E-state index contributed by atoms with van der Waals surface area (Å²) in [7, 11) is -9.91. The summed E-state index contributed by atoms with van der Waals surface area (Å²) in [6.07, 6.45) is 58.2. The largest absolute Gasteiger partial charge is 0.472 e. The van der Waals surface area contributed by atoms with Gasteiger partial charge in [0.1, 0.15) is 19.3 Å². The van der Waals surface area contributed by atoms with E-state index in [1.165, 1.54) is 218 Å². The lowest BCUT2D eigenvalue weighted by molar-refractivity contribution is -0.161. The van der Waals surface area contributed by atoms with Gasteiger partial charge in [-0.25, -0.2) is 9.13 Å². The third-order valence-electron chi connectivity index (χ3n) is 18.6. The Labute approximate surface area is 594 Å². The number of carbonyl (C=O) groups is 4. The maximum Gasteiger partial charge on any atom is 0.472 e. The molecule has 3 unspecified atom stereocenters. The van der Waals surface area contributed by atoms with Gasteiger partial charge in [-0.05, 0) is 37.5 Å². The molecule has 0 saturated carbocycles. The van der Waals surface area contributed by atoms with Crippen LogP contribution in [0.3, 0.4) is 0 Å². The molecular weight excluding hydrogens is 1270 g/mol. The first-order valence-electron chi connectivity index (χ1n) is 40.5. The van der Waals surface area contributed by atoms with E-state index in [1.807, 2.05) is 0 Å². The molecule has 0 saturated heterocycles. The number of hydrogen-bond donors (Lipinski definition) is 3. The number of unbranched alkanes of at least 4 members (excludes halogenated alkanes) is 46. The Hall–Kier alpha value is -1.94. The summed E-state index contributed by atoms with van der Waals surface area (Å²) in [5.41, 5.74) is 0. The topological polar surface area (TPSA) is 237 Å². The van der Waals surface area contributed by atoms with Crippen LogP contribution >= 0.6 is 15.6 Å². The van der Waals surface area contributed by atoms with Crippen LogP contribution in [0.2, 0.25) is 0 Å². The molecule has 97 heavy (non-hydrogen) atoms. The molecule has 0 rings (SSSR count). The maximum atomic E-state index is 13.1. The molecule has 6 atom stereocenters. The molecule has 0 fully saturated rings. The lowest BCUT2D eigenvalue weighted by Gasteiger charge is -2.21. The minimum Gasteiger partial charge on any atom is -0.462 e. The van der Waals surface area contributed by atoms with Crippen molar-refractivity contribution in [1.82, 2.24) is 0 Å². The Balaban J connectivity index is 5.22. The van der Waals surface area contributed by atoms with Crippen LogP contribution in [-0.2, 0) is 65.4 Å². The molecule has 0 aromatic carbocycles. The molecule has 0 heterocycles. The maximum absolute atomic E-state index is 13.1. The van der Waals surface area contributed by atoms with E-state index in [0.717, 1.165) is 108 Å². The van der Waals surface area contributed by atoms with Crippen molar-refractivity contribution in [2.24, 2.45) is 11.8 Å². The normalized spacial score (nSPS) is 14.2. The summed E-state index contributed by atoms with van der Waals surface area (Å²) in [6, 6.07) is 0. The van der Waals surface area contributed by atoms with E-state index in [9.17, 15) is 43.2 Å². The van der Waals surface area contributed by atoms with Crippen molar-refractivity contribution in [2.45, 2.75) is 426 Å². The van der Waals surface area contributed by atoms with E-state index in [1.54, 1.807) is 0 Å². The number of esters is 4. The van der Waals surface area contributed by atoms with Gasteiger partial charge in [-0.2, -0.15) is 0 Å². The van der Waals surface area contributed by atoms with Crippen molar-refractivity contribution in [2.75, 3.05) is 39.6 Å². The number of ether oxygens (including phenoxy) is 4. The van der Waals surface area contributed by atoms with Crippen molar-refractivity contribution in [3.63, 3.8) is 0 Å². The molecule has 0 amide bonds. The lowest BCUT2D eigenvalue weighted by Crippen LogP contribution is -2.30. The van der Waals surface area contributed by atoms with Gasteiger partial charge in [0.2, 0.25) is 0 Å². The lowest BCUT2D eigenvalue weighted by atomic mass is 9.99. The zero-order chi connectivity index (χ0) is 71.4. The van der Waals surface area contributed by atoms with Gasteiger partial charge in [0.25, 0.3) is 0 Å². The van der Waals surface area contributed by atoms with Crippen LogP contribution < -0.4 is 0 Å². The first-order chi connectivity index (χ1) is 46.9. The number of phosphoric ester groups is 2. The second-order valence-electron chi connectivity index (χ2n) is 28.8. The molecule has 0 aromatic rings. The molecule has 0 radical (unpaired) electrons. The Bertz CT molecular complexity index is 1870. The Kier molecular flexibility index (Phi) is 68.4. The van der Waals surface area contributed by atoms with Crippen LogP contribution in [0.15, 0.2) is 0 Å². The summed E-state index contributed by atoms with van der Waals surface area (Å²) in [5, 5.41) is 10.6. The molecule has 17 nitrogen and oxygen atoms in total. The fourth-order valence-corrected chi connectivity index (χ4v) is 13.6. The van der Waals surface area contributed by atoms with Crippen molar-refractivity contribution in [3.8, 4) is 0 Å². The first-order valence-corrected chi connectivity index (χ1v) is 43.5. The number of carbonyl (C=O) groups excluding carboxylic acids is 4. The van der Waals surface area contributed by atoms with Gasteiger partial charge in [0.15, 0.2) is 12.2 Å². The zero-order valence-corrected chi connectivity index (χ0v) is 65.2. The monoisotopic (exact) mass is 1420 g/mol. The average Bonchev–Trinajstić information content (AvgIpc) is 1.53. The molecule has 0 bridgehead atoms. The fraction of sp³-hybridized carbons (Fsp3) is 0.949. The molecule has 0 aliphatic carbocycles. The molecule has 19 heteroatoms. The standard InChI is InChI=1S/C78H152O17P2/c1-7-10-12-14-16-18-19-20-21-22-23-27-32-37-43-49-55-61-76(81)89-67-74(95-77(82)62-56-50-44-38-33-28-25-24-26-31-36-41-47-53-59-71(6)9-3)69-93-97(86,87)91-65-72(79)64-90-96(84,85)92-68-73(66-88-75(80)60-54-48-42-17-15-13-11-8-2)94-78(83)63-57-51-45-39-34-29-30-35-40-46-52-58-70(4)5/h70-74,79H,7-69H2,1-6H3,(H,84,85)(H,86,87)/t71?,72-,73+,74+/m0/s1. The summed E-state index contributed by atoms with van der Waals surface area (Å²) >= 11 is 0. The van der Waals surface area contributed by atoms with Crippen molar-refractivity contribution >= 4 is 39.5 Å². The van der Waals surface area contributed by atoms with Gasteiger partial charge in [0.05, 0.1) is 26.4 Å². The third-order valence-corrected chi connectivity index (χ3v) is 20.5. The SMILES string of the molecule is CCCCCCCCCCCCCCCCCCCC(=O)OC[C@H](COP(=O)(O)OC[C@@H](O)COP(=O)(O)OC[C@@H](COC(=O)CCCCCCCCCC)OC(=O)CCCCCCCCCCCCCC(C)C)OC(=O)CCCCCCCCCCCCCCCCC(C)CC. The van der Waals surface area contributed by atoms with E-state index >= 15 is 0 Å². The van der Waals surface area contributed by atoms with Crippen LogP contribution in [0.4, 0.5) is 0 Å². The predicted molar refractivity (Wildman–Crippen MR) is 395 cm³/mol. The highest BCUT2D eigenvalue weighted by atomic mass is 31.2. The number of hydrogen-bond acceptors (Lipinski definition) is 15. The van der Waals surface area contributed by atoms with E-state index < -0.39 is 97.5 Å².